The highest BCUT2D eigenvalue weighted by Crippen LogP contribution is 2.32. The zero-order chi connectivity index (χ0) is 15.2. The summed E-state index contributed by atoms with van der Waals surface area (Å²) in [6.45, 7) is 0. The van der Waals surface area contributed by atoms with Gasteiger partial charge >= 0.3 is 0 Å². The number of carbonyl (C=O) groups is 1. The molecule has 0 aromatic heterocycles. The topological polar surface area (TPSA) is 78.9 Å². The van der Waals surface area contributed by atoms with Crippen LogP contribution in [0.15, 0.2) is 47.4 Å². The van der Waals surface area contributed by atoms with Crippen molar-refractivity contribution in [3.05, 3.63) is 53.1 Å². The number of nitrogens with zero attached hydrogens (tertiary/aromatic N) is 1. The highest BCUT2D eigenvalue weighted by atomic mass is 35.5. The van der Waals surface area contributed by atoms with Crippen molar-refractivity contribution in [1.29, 1.82) is 5.26 Å². The van der Waals surface area contributed by atoms with Crippen LogP contribution in [0.4, 0.5) is 11.4 Å². The van der Waals surface area contributed by atoms with Crippen molar-refractivity contribution >= 4 is 40.6 Å². The van der Waals surface area contributed by atoms with Crippen LogP contribution in [0.1, 0.15) is 5.56 Å². The van der Waals surface area contributed by atoms with E-state index < -0.39 is 0 Å². The fourth-order valence-electron chi connectivity index (χ4n) is 1.64. The van der Waals surface area contributed by atoms with E-state index in [1.165, 1.54) is 11.8 Å². The third kappa shape index (κ3) is 4.15. The summed E-state index contributed by atoms with van der Waals surface area (Å²) in [5.41, 5.74) is 7.57. The van der Waals surface area contributed by atoms with E-state index in [-0.39, 0.29) is 11.7 Å². The maximum Gasteiger partial charge on any atom is 0.234 e. The summed E-state index contributed by atoms with van der Waals surface area (Å²) in [7, 11) is 0. The van der Waals surface area contributed by atoms with Crippen LogP contribution in [0.3, 0.4) is 0 Å². The van der Waals surface area contributed by atoms with E-state index in [1.54, 1.807) is 42.5 Å². The number of hydrogen-bond acceptors (Lipinski definition) is 4. The standard InChI is InChI=1S/C15H12ClN3OS/c16-12-2-1-3-13(18)15(12)21-9-14(20)19-11-6-4-10(8-17)5-7-11/h1-7H,9,18H2,(H,19,20). The van der Waals surface area contributed by atoms with Gasteiger partial charge < -0.3 is 11.1 Å². The number of thioether (sulfide) groups is 1. The van der Waals surface area contributed by atoms with Gasteiger partial charge in [0, 0.05) is 16.3 Å². The average Bonchev–Trinajstić information content (AvgIpc) is 2.47. The first kappa shape index (κ1) is 15.2. The van der Waals surface area contributed by atoms with Crippen LogP contribution in [0.2, 0.25) is 5.02 Å². The van der Waals surface area contributed by atoms with E-state index in [1.807, 2.05) is 6.07 Å². The monoisotopic (exact) mass is 317 g/mol. The molecule has 0 saturated carbocycles. The molecule has 106 valence electrons. The van der Waals surface area contributed by atoms with E-state index >= 15 is 0 Å². The Morgan fingerprint density at radius 3 is 2.62 bits per heavy atom. The molecule has 0 heterocycles. The second-order valence-electron chi connectivity index (χ2n) is 4.18. The highest BCUT2D eigenvalue weighted by molar-refractivity contribution is 8.00. The number of benzene rings is 2. The first-order valence-corrected chi connectivity index (χ1v) is 7.43. The molecule has 1 amide bonds. The van der Waals surface area contributed by atoms with Gasteiger partial charge in [-0.25, -0.2) is 0 Å². The van der Waals surface area contributed by atoms with E-state index in [9.17, 15) is 4.79 Å². The molecule has 0 aliphatic heterocycles. The first-order valence-electron chi connectivity index (χ1n) is 6.07. The lowest BCUT2D eigenvalue weighted by molar-refractivity contribution is -0.113. The second-order valence-corrected chi connectivity index (χ2v) is 5.58. The van der Waals surface area contributed by atoms with Crippen LogP contribution in [-0.4, -0.2) is 11.7 Å². The predicted molar refractivity (Wildman–Crippen MR) is 86.4 cm³/mol. The normalized spacial score (nSPS) is 9.90. The minimum atomic E-state index is -0.163. The Balaban J connectivity index is 1.94. The quantitative estimate of drug-likeness (QED) is 0.668. The number of nitriles is 1. The van der Waals surface area contributed by atoms with Crippen molar-refractivity contribution in [3.8, 4) is 6.07 Å². The van der Waals surface area contributed by atoms with Crippen molar-refractivity contribution in [2.24, 2.45) is 0 Å². The van der Waals surface area contributed by atoms with Crippen LogP contribution in [0.25, 0.3) is 0 Å². The molecular formula is C15H12ClN3OS. The van der Waals surface area contributed by atoms with Crippen LogP contribution in [0, 0.1) is 11.3 Å². The molecule has 0 bridgehead atoms. The SMILES string of the molecule is N#Cc1ccc(NC(=O)CSc2c(N)cccc2Cl)cc1. The van der Waals surface area contributed by atoms with Crippen LogP contribution in [0.5, 0.6) is 0 Å². The Bertz CT molecular complexity index is 675. The molecule has 21 heavy (non-hydrogen) atoms. The first-order chi connectivity index (χ1) is 10.1. The van der Waals surface area contributed by atoms with Crippen molar-refractivity contribution < 1.29 is 4.79 Å². The zero-order valence-electron chi connectivity index (χ0n) is 11.0. The molecule has 2 aromatic rings. The molecule has 0 radical (unpaired) electrons. The number of carbonyl (C=O) groups excluding carboxylic acids is 1. The maximum absolute atomic E-state index is 11.9. The van der Waals surface area contributed by atoms with Gasteiger partial charge in [0.2, 0.25) is 5.91 Å². The van der Waals surface area contributed by atoms with Gasteiger partial charge in [0.1, 0.15) is 0 Å². The fourth-order valence-corrected chi connectivity index (χ4v) is 2.77. The number of hydrogen-bond donors (Lipinski definition) is 2. The van der Waals surface area contributed by atoms with Crippen LogP contribution in [-0.2, 0) is 4.79 Å². The Kier molecular flexibility index (Phi) is 5.09. The predicted octanol–water partition coefficient (Wildman–Crippen LogP) is 3.52. The largest absolute Gasteiger partial charge is 0.398 e. The van der Waals surface area contributed by atoms with Gasteiger partial charge in [-0.05, 0) is 36.4 Å². The minimum Gasteiger partial charge on any atom is -0.398 e. The molecule has 0 saturated heterocycles. The van der Waals surface area contributed by atoms with Gasteiger partial charge in [0.15, 0.2) is 0 Å². The molecular weight excluding hydrogens is 306 g/mol. The molecule has 0 aliphatic carbocycles. The lowest BCUT2D eigenvalue weighted by Gasteiger charge is -2.08. The molecule has 0 spiro atoms. The lowest BCUT2D eigenvalue weighted by Crippen LogP contribution is -2.14. The molecule has 6 heteroatoms. The number of anilines is 2. The Morgan fingerprint density at radius 2 is 2.00 bits per heavy atom. The summed E-state index contributed by atoms with van der Waals surface area (Å²) in [5, 5.41) is 12.0. The van der Waals surface area contributed by atoms with E-state index in [0.29, 0.717) is 26.9 Å². The van der Waals surface area contributed by atoms with Gasteiger partial charge in [-0.1, -0.05) is 17.7 Å². The Hall–Kier alpha value is -2.16. The summed E-state index contributed by atoms with van der Waals surface area (Å²) < 4.78 is 0. The average molecular weight is 318 g/mol. The minimum absolute atomic E-state index is 0.163. The number of amides is 1. The smallest absolute Gasteiger partial charge is 0.234 e. The van der Waals surface area contributed by atoms with E-state index in [0.717, 1.165) is 0 Å². The molecule has 3 N–H and O–H groups in total. The summed E-state index contributed by atoms with van der Waals surface area (Å²) in [6.07, 6.45) is 0. The van der Waals surface area contributed by atoms with Crippen LogP contribution >= 0.6 is 23.4 Å². The maximum atomic E-state index is 11.9. The van der Waals surface area contributed by atoms with Crippen molar-refractivity contribution in [3.63, 3.8) is 0 Å². The molecule has 0 unspecified atom stereocenters. The van der Waals surface area contributed by atoms with Crippen molar-refractivity contribution in [1.82, 2.24) is 0 Å². The number of rotatable bonds is 4. The van der Waals surface area contributed by atoms with Crippen molar-refractivity contribution in [2.75, 3.05) is 16.8 Å². The van der Waals surface area contributed by atoms with Gasteiger partial charge in [0.05, 0.1) is 22.4 Å². The number of halogens is 1. The molecule has 2 rings (SSSR count). The highest BCUT2D eigenvalue weighted by Gasteiger charge is 2.09. The van der Waals surface area contributed by atoms with Gasteiger partial charge in [-0.15, -0.1) is 11.8 Å². The fraction of sp³-hybridized carbons (Fsp3) is 0.0667. The van der Waals surface area contributed by atoms with E-state index in [4.69, 9.17) is 22.6 Å². The third-order valence-electron chi connectivity index (χ3n) is 2.64. The number of nitrogens with one attached hydrogen (secondary N) is 1. The summed E-state index contributed by atoms with van der Waals surface area (Å²) >= 11 is 7.33. The van der Waals surface area contributed by atoms with Gasteiger partial charge in [0.25, 0.3) is 0 Å². The third-order valence-corrected chi connectivity index (χ3v) is 4.22. The Labute approximate surface area is 131 Å². The summed E-state index contributed by atoms with van der Waals surface area (Å²) in [5.74, 6) is 0.0394. The van der Waals surface area contributed by atoms with Gasteiger partial charge in [-0.2, -0.15) is 5.26 Å². The Morgan fingerprint density at radius 1 is 1.29 bits per heavy atom. The second kappa shape index (κ2) is 7.02. The molecule has 0 fully saturated rings. The summed E-state index contributed by atoms with van der Waals surface area (Å²) in [6, 6.07) is 13.9. The number of nitrogen functional groups attached to an aromatic ring is 1. The zero-order valence-corrected chi connectivity index (χ0v) is 12.5. The van der Waals surface area contributed by atoms with E-state index in [2.05, 4.69) is 5.32 Å². The summed E-state index contributed by atoms with van der Waals surface area (Å²) in [4.78, 5) is 12.6. The van der Waals surface area contributed by atoms with Gasteiger partial charge in [-0.3, -0.25) is 4.79 Å². The molecule has 2 aromatic carbocycles. The lowest BCUT2D eigenvalue weighted by atomic mass is 10.2. The van der Waals surface area contributed by atoms with Crippen molar-refractivity contribution in [2.45, 2.75) is 4.90 Å². The molecule has 0 atom stereocenters. The molecule has 0 aliphatic rings. The van der Waals surface area contributed by atoms with Crippen LogP contribution < -0.4 is 11.1 Å². The molecule has 4 nitrogen and oxygen atoms in total. The number of nitrogens with two attached hydrogens (primary N) is 1.